The molecule has 0 saturated heterocycles. The first kappa shape index (κ1) is 24.0. The number of halogens is 1. The molecule has 3 amide bonds. The van der Waals surface area contributed by atoms with Crippen molar-refractivity contribution in [2.75, 3.05) is 23.2 Å². The highest BCUT2D eigenvalue weighted by atomic mass is 79.9. The van der Waals surface area contributed by atoms with Crippen LogP contribution < -0.4 is 20.8 Å². The Morgan fingerprint density at radius 3 is 2.29 bits per heavy atom. The highest BCUT2D eigenvalue weighted by Gasteiger charge is 2.22. The van der Waals surface area contributed by atoms with Crippen LogP contribution >= 0.6 is 15.9 Å². The van der Waals surface area contributed by atoms with E-state index in [4.69, 9.17) is 4.74 Å². The number of anilines is 2. The number of nitrogens with zero attached hydrogens (tertiary/aromatic N) is 1. The second kappa shape index (κ2) is 10.0. The lowest BCUT2D eigenvalue weighted by atomic mass is 10.1. The minimum Gasteiger partial charge on any atom is -0.495 e. The van der Waals surface area contributed by atoms with Gasteiger partial charge < -0.3 is 15.4 Å². The molecular weight excluding hydrogens is 512 g/mol. The molecule has 9 heteroatoms. The van der Waals surface area contributed by atoms with E-state index in [9.17, 15) is 14.4 Å². The van der Waals surface area contributed by atoms with Gasteiger partial charge in [0.05, 0.1) is 18.3 Å². The molecule has 8 nitrogen and oxygen atoms in total. The van der Waals surface area contributed by atoms with Gasteiger partial charge in [0.15, 0.2) is 0 Å². The molecule has 178 valence electrons. The molecule has 0 radical (unpaired) electrons. The van der Waals surface area contributed by atoms with Crippen LogP contribution in [0.15, 0.2) is 71.2 Å². The second-order valence-corrected chi connectivity index (χ2v) is 8.80. The Bertz CT molecular complexity index is 1440. The second-order valence-electron chi connectivity index (χ2n) is 7.88. The number of nitrogens with one attached hydrogen (secondary N) is 3. The van der Waals surface area contributed by atoms with E-state index in [1.54, 1.807) is 42.5 Å². The first-order chi connectivity index (χ1) is 16.8. The molecule has 0 aliphatic heterocycles. The van der Waals surface area contributed by atoms with E-state index in [0.29, 0.717) is 28.0 Å². The van der Waals surface area contributed by atoms with E-state index >= 15 is 0 Å². The number of ether oxygens (including phenoxy) is 1. The highest BCUT2D eigenvalue weighted by molar-refractivity contribution is 9.10. The van der Waals surface area contributed by atoms with Crippen LogP contribution in [0.4, 0.5) is 11.4 Å². The zero-order valence-electron chi connectivity index (χ0n) is 19.3. The van der Waals surface area contributed by atoms with Gasteiger partial charge in [-0.2, -0.15) is 0 Å². The largest absolute Gasteiger partial charge is 0.495 e. The molecule has 0 bridgehead atoms. The normalized spacial score (nSPS) is 10.6. The van der Waals surface area contributed by atoms with Crippen molar-refractivity contribution in [3.8, 4) is 5.75 Å². The molecule has 1 aromatic heterocycles. The summed E-state index contributed by atoms with van der Waals surface area (Å²) in [5, 5.41) is 6.17. The Hall–Kier alpha value is -4.11. The number of methoxy groups -OCH3 is 1. The maximum Gasteiger partial charge on any atom is 0.328 e. The van der Waals surface area contributed by atoms with Gasteiger partial charge in [-0.1, -0.05) is 46.3 Å². The fourth-order valence-corrected chi connectivity index (χ4v) is 4.12. The summed E-state index contributed by atoms with van der Waals surface area (Å²) in [6.45, 7) is 3.80. The van der Waals surface area contributed by atoms with Crippen LogP contribution in [0.25, 0.3) is 10.9 Å². The van der Waals surface area contributed by atoms with Crippen LogP contribution in [0.2, 0.25) is 0 Å². The van der Waals surface area contributed by atoms with Crippen LogP contribution in [0.3, 0.4) is 0 Å². The maximum atomic E-state index is 13.3. The average Bonchev–Trinajstić information content (AvgIpc) is 3.19. The third-order valence-electron chi connectivity index (χ3n) is 5.49. The molecule has 0 aliphatic rings. The average molecular weight is 535 g/mol. The molecule has 1 heterocycles. The molecule has 0 fully saturated rings. The summed E-state index contributed by atoms with van der Waals surface area (Å²) < 4.78 is 7.34. The number of aromatic nitrogens is 1. The fourth-order valence-electron chi connectivity index (χ4n) is 3.74. The van der Waals surface area contributed by atoms with Crippen molar-refractivity contribution in [3.63, 3.8) is 0 Å². The molecule has 3 N–H and O–H groups in total. The third kappa shape index (κ3) is 5.04. The third-order valence-corrected chi connectivity index (χ3v) is 5.98. The molecule has 0 saturated carbocycles. The van der Waals surface area contributed by atoms with E-state index < -0.39 is 17.7 Å². The van der Waals surface area contributed by atoms with Gasteiger partial charge in [0, 0.05) is 15.5 Å². The van der Waals surface area contributed by atoms with E-state index in [0.717, 1.165) is 15.6 Å². The van der Waals surface area contributed by atoms with Gasteiger partial charge in [0.2, 0.25) is 0 Å². The number of para-hydroxylation sites is 3. The van der Waals surface area contributed by atoms with Gasteiger partial charge in [-0.3, -0.25) is 19.8 Å². The summed E-state index contributed by atoms with van der Waals surface area (Å²) in [7, 11) is 1.47. The number of fused-ring (bicyclic) bond motifs is 1. The molecule has 0 unspecified atom stereocenters. The molecule has 0 aliphatic carbocycles. The lowest BCUT2D eigenvalue weighted by Gasteiger charge is -2.15. The highest BCUT2D eigenvalue weighted by Crippen LogP contribution is 2.26. The number of benzene rings is 3. The van der Waals surface area contributed by atoms with E-state index in [-0.39, 0.29) is 5.69 Å². The summed E-state index contributed by atoms with van der Waals surface area (Å²) in [5.74, 6) is -1.87. The first-order valence-corrected chi connectivity index (χ1v) is 11.5. The van der Waals surface area contributed by atoms with Gasteiger partial charge >= 0.3 is 11.8 Å². The van der Waals surface area contributed by atoms with Gasteiger partial charge in [-0.05, 0) is 61.4 Å². The minimum absolute atomic E-state index is 0.166. The summed E-state index contributed by atoms with van der Waals surface area (Å²) >= 11 is 3.43. The van der Waals surface area contributed by atoms with Crippen molar-refractivity contribution in [3.05, 3.63) is 88.0 Å². The zero-order chi connectivity index (χ0) is 25.1. The summed E-state index contributed by atoms with van der Waals surface area (Å²) in [6.07, 6.45) is 0. The molecule has 35 heavy (non-hydrogen) atoms. The molecule has 4 aromatic rings. The Morgan fingerprint density at radius 1 is 0.857 bits per heavy atom. The monoisotopic (exact) mass is 534 g/mol. The summed E-state index contributed by atoms with van der Waals surface area (Å²) in [6, 6.07) is 19.5. The van der Waals surface area contributed by atoms with Gasteiger partial charge in [-0.25, -0.2) is 4.68 Å². The topological polar surface area (TPSA) is 101 Å². The Morgan fingerprint density at radius 2 is 1.57 bits per heavy atom. The Kier molecular flexibility index (Phi) is 6.88. The molecule has 0 atom stereocenters. The number of hydrogen-bond donors (Lipinski definition) is 3. The molecule has 0 spiro atoms. The fraction of sp³-hybridized carbons (Fsp3) is 0.115. The lowest BCUT2D eigenvalue weighted by Crippen LogP contribution is -2.36. The SMILES string of the molecule is COc1ccccc1NC(=O)C(=O)Nn1c(C(=O)Nc2c(C)cccc2C)cc2cc(Br)ccc21. The van der Waals surface area contributed by atoms with Crippen molar-refractivity contribution < 1.29 is 19.1 Å². The van der Waals surface area contributed by atoms with Gasteiger partial charge in [-0.15, -0.1) is 0 Å². The maximum absolute atomic E-state index is 13.3. The number of carbonyl (C=O) groups is 3. The molecule has 4 rings (SSSR count). The number of rotatable bonds is 5. The molecule has 3 aromatic carbocycles. The van der Waals surface area contributed by atoms with E-state index in [2.05, 4.69) is 32.0 Å². The van der Waals surface area contributed by atoms with E-state index in [1.807, 2.05) is 38.1 Å². The van der Waals surface area contributed by atoms with Gasteiger partial charge in [0.25, 0.3) is 5.91 Å². The predicted molar refractivity (Wildman–Crippen MR) is 139 cm³/mol. The van der Waals surface area contributed by atoms with Crippen LogP contribution in [-0.4, -0.2) is 29.5 Å². The number of amides is 3. The van der Waals surface area contributed by atoms with Crippen molar-refractivity contribution in [2.45, 2.75) is 13.8 Å². The minimum atomic E-state index is -0.947. The van der Waals surface area contributed by atoms with Crippen LogP contribution in [-0.2, 0) is 9.59 Å². The predicted octanol–water partition coefficient (Wildman–Crippen LogP) is 4.99. The van der Waals surface area contributed by atoms with Crippen molar-refractivity contribution in [1.82, 2.24) is 4.68 Å². The van der Waals surface area contributed by atoms with Gasteiger partial charge in [0.1, 0.15) is 11.4 Å². The van der Waals surface area contributed by atoms with Crippen LogP contribution in [0, 0.1) is 13.8 Å². The van der Waals surface area contributed by atoms with Crippen LogP contribution in [0.1, 0.15) is 21.6 Å². The zero-order valence-corrected chi connectivity index (χ0v) is 20.9. The number of aryl methyl sites for hydroxylation is 2. The lowest BCUT2D eigenvalue weighted by molar-refractivity contribution is -0.133. The Labute approximate surface area is 210 Å². The van der Waals surface area contributed by atoms with Crippen molar-refractivity contribution >= 4 is 55.9 Å². The smallest absolute Gasteiger partial charge is 0.328 e. The number of hydrogen-bond acceptors (Lipinski definition) is 4. The Balaban J connectivity index is 1.66. The standard InChI is InChI=1S/C26H23BrN4O4/c1-15-7-6-8-16(2)23(15)29-24(32)21-14-17-13-18(27)11-12-20(17)31(21)30-26(34)25(33)28-19-9-4-5-10-22(19)35-3/h4-14H,1-3H3,(H,28,33)(H,29,32)(H,30,34). The van der Waals surface area contributed by atoms with Crippen molar-refractivity contribution in [1.29, 1.82) is 0 Å². The molecular formula is C26H23BrN4O4. The first-order valence-electron chi connectivity index (χ1n) is 10.7. The summed E-state index contributed by atoms with van der Waals surface area (Å²) in [4.78, 5) is 38.8. The van der Waals surface area contributed by atoms with E-state index in [1.165, 1.54) is 11.8 Å². The van der Waals surface area contributed by atoms with Crippen molar-refractivity contribution in [2.24, 2.45) is 0 Å². The summed E-state index contributed by atoms with van der Waals surface area (Å²) in [5.41, 5.74) is 6.13. The van der Waals surface area contributed by atoms with Crippen LogP contribution in [0.5, 0.6) is 5.75 Å². The number of carbonyl (C=O) groups excluding carboxylic acids is 3. The quantitative estimate of drug-likeness (QED) is 0.314.